The van der Waals surface area contributed by atoms with Crippen molar-refractivity contribution in [2.45, 2.75) is 33.7 Å². The predicted molar refractivity (Wildman–Crippen MR) is 114 cm³/mol. The number of nitrogens with one attached hydrogen (secondary N) is 1. The number of pyridine rings is 1. The quantitative estimate of drug-likeness (QED) is 0.517. The standard InChI is InChI=1S/C24H24N4O/c1-16-10-11-26-23(12-16)28-17(2)13-21(19(28)4)14-22(15-25)24(29)27-18(3)20-8-6-5-7-9-20/h5-14,18H,1-4H3,(H,27,29)/b22-14-/t18-/m0/s1. The lowest BCUT2D eigenvalue weighted by molar-refractivity contribution is -0.117. The lowest BCUT2D eigenvalue weighted by Gasteiger charge is -2.13. The van der Waals surface area contributed by atoms with Crippen LogP contribution in [0.3, 0.4) is 0 Å². The molecule has 1 N–H and O–H groups in total. The summed E-state index contributed by atoms with van der Waals surface area (Å²) >= 11 is 0. The van der Waals surface area contributed by atoms with Gasteiger partial charge in [-0.2, -0.15) is 5.26 Å². The van der Waals surface area contributed by atoms with Crippen LogP contribution in [0.2, 0.25) is 0 Å². The number of hydrogen-bond acceptors (Lipinski definition) is 3. The van der Waals surface area contributed by atoms with Crippen molar-refractivity contribution in [3.8, 4) is 11.9 Å². The molecule has 2 aromatic heterocycles. The van der Waals surface area contributed by atoms with Gasteiger partial charge < -0.3 is 9.88 Å². The van der Waals surface area contributed by atoms with E-state index < -0.39 is 0 Å². The van der Waals surface area contributed by atoms with Gasteiger partial charge >= 0.3 is 0 Å². The fourth-order valence-corrected chi connectivity index (χ4v) is 3.33. The van der Waals surface area contributed by atoms with Crippen LogP contribution in [0.5, 0.6) is 0 Å². The number of carbonyl (C=O) groups is 1. The summed E-state index contributed by atoms with van der Waals surface area (Å²) in [6.07, 6.45) is 3.42. The summed E-state index contributed by atoms with van der Waals surface area (Å²) in [7, 11) is 0. The SMILES string of the molecule is Cc1ccnc(-n2c(C)cc(/C=C(/C#N)C(=O)N[C@@H](C)c3ccccc3)c2C)c1. The number of nitriles is 1. The number of amides is 1. The second-order valence-corrected chi connectivity index (χ2v) is 7.13. The summed E-state index contributed by atoms with van der Waals surface area (Å²) in [6, 6.07) is 17.4. The zero-order valence-electron chi connectivity index (χ0n) is 17.1. The van der Waals surface area contributed by atoms with E-state index in [2.05, 4.69) is 10.3 Å². The highest BCUT2D eigenvalue weighted by molar-refractivity contribution is 6.02. The predicted octanol–water partition coefficient (Wildman–Crippen LogP) is 4.58. The van der Waals surface area contributed by atoms with Gasteiger partial charge in [-0.05, 0) is 68.7 Å². The van der Waals surface area contributed by atoms with E-state index in [1.54, 1.807) is 12.3 Å². The average Bonchev–Trinajstić information content (AvgIpc) is 2.99. The Morgan fingerprint density at radius 1 is 1.17 bits per heavy atom. The van der Waals surface area contributed by atoms with Gasteiger partial charge in [-0.3, -0.25) is 4.79 Å². The Morgan fingerprint density at radius 3 is 2.55 bits per heavy atom. The average molecular weight is 384 g/mol. The third kappa shape index (κ3) is 4.44. The first-order valence-electron chi connectivity index (χ1n) is 9.50. The smallest absolute Gasteiger partial charge is 0.262 e. The van der Waals surface area contributed by atoms with Gasteiger partial charge in [0.15, 0.2) is 0 Å². The second-order valence-electron chi connectivity index (χ2n) is 7.13. The van der Waals surface area contributed by atoms with Gasteiger partial charge in [0.25, 0.3) is 5.91 Å². The Morgan fingerprint density at radius 2 is 1.90 bits per heavy atom. The van der Waals surface area contributed by atoms with E-state index in [1.165, 1.54) is 0 Å². The first-order valence-corrected chi connectivity index (χ1v) is 9.50. The molecule has 0 aliphatic rings. The van der Waals surface area contributed by atoms with Gasteiger partial charge in [0.1, 0.15) is 17.5 Å². The van der Waals surface area contributed by atoms with Crippen LogP contribution in [0.25, 0.3) is 11.9 Å². The van der Waals surface area contributed by atoms with Gasteiger partial charge in [-0.1, -0.05) is 30.3 Å². The van der Waals surface area contributed by atoms with Crippen molar-refractivity contribution in [2.24, 2.45) is 0 Å². The molecular weight excluding hydrogens is 360 g/mol. The van der Waals surface area contributed by atoms with Gasteiger partial charge in [-0.25, -0.2) is 4.98 Å². The molecule has 5 nitrogen and oxygen atoms in total. The van der Waals surface area contributed by atoms with E-state index >= 15 is 0 Å². The van der Waals surface area contributed by atoms with Gasteiger partial charge in [0.2, 0.25) is 0 Å². The molecule has 1 atom stereocenters. The molecule has 0 bridgehead atoms. The number of rotatable bonds is 5. The molecule has 146 valence electrons. The molecule has 0 aliphatic carbocycles. The zero-order valence-corrected chi connectivity index (χ0v) is 17.1. The molecule has 2 heterocycles. The van der Waals surface area contributed by atoms with E-state index in [9.17, 15) is 10.1 Å². The largest absolute Gasteiger partial charge is 0.345 e. The first kappa shape index (κ1) is 20.1. The van der Waals surface area contributed by atoms with Crippen molar-refractivity contribution >= 4 is 12.0 Å². The van der Waals surface area contributed by atoms with Crippen molar-refractivity contribution in [1.29, 1.82) is 5.26 Å². The minimum atomic E-state index is -0.387. The molecule has 1 amide bonds. The summed E-state index contributed by atoms with van der Waals surface area (Å²) in [5.41, 5.74) is 4.92. The highest BCUT2D eigenvalue weighted by Crippen LogP contribution is 2.22. The molecule has 3 rings (SSSR count). The zero-order chi connectivity index (χ0) is 21.0. The number of aromatic nitrogens is 2. The molecule has 1 aromatic carbocycles. The van der Waals surface area contributed by atoms with Crippen LogP contribution < -0.4 is 5.32 Å². The third-order valence-electron chi connectivity index (χ3n) is 4.91. The van der Waals surface area contributed by atoms with Crippen LogP contribution in [0, 0.1) is 32.1 Å². The van der Waals surface area contributed by atoms with Crippen LogP contribution in [-0.2, 0) is 4.79 Å². The maximum atomic E-state index is 12.7. The van der Waals surface area contributed by atoms with Crippen LogP contribution in [0.4, 0.5) is 0 Å². The highest BCUT2D eigenvalue weighted by Gasteiger charge is 2.16. The van der Waals surface area contributed by atoms with Gasteiger partial charge in [0.05, 0.1) is 6.04 Å². The first-order chi connectivity index (χ1) is 13.9. The molecule has 0 spiro atoms. The molecule has 0 saturated heterocycles. The monoisotopic (exact) mass is 384 g/mol. The summed E-state index contributed by atoms with van der Waals surface area (Å²) in [6.45, 7) is 7.87. The van der Waals surface area contributed by atoms with Crippen LogP contribution >= 0.6 is 0 Å². The van der Waals surface area contributed by atoms with E-state index in [0.29, 0.717) is 0 Å². The Bertz CT molecular complexity index is 1100. The van der Waals surface area contributed by atoms with Gasteiger partial charge in [0, 0.05) is 17.6 Å². The molecular formula is C24H24N4O. The minimum absolute atomic E-state index is 0.0743. The molecule has 0 aliphatic heterocycles. The van der Waals surface area contributed by atoms with Crippen molar-refractivity contribution in [3.05, 3.63) is 88.4 Å². The van der Waals surface area contributed by atoms with Crippen LogP contribution in [0.15, 0.2) is 60.3 Å². The molecule has 0 radical (unpaired) electrons. The molecule has 29 heavy (non-hydrogen) atoms. The summed E-state index contributed by atoms with van der Waals surface area (Å²) < 4.78 is 2.03. The second kappa shape index (κ2) is 8.57. The van der Waals surface area contributed by atoms with E-state index in [4.69, 9.17) is 0 Å². The lowest BCUT2D eigenvalue weighted by atomic mass is 10.1. The Labute approximate surface area is 171 Å². The number of benzene rings is 1. The molecule has 5 heteroatoms. The summed E-state index contributed by atoms with van der Waals surface area (Å²) in [5, 5.41) is 12.5. The molecule has 0 saturated carbocycles. The Kier molecular flexibility index (Phi) is 5.94. The molecule has 0 unspecified atom stereocenters. The number of nitrogens with zero attached hydrogens (tertiary/aromatic N) is 3. The fraction of sp³-hybridized carbons (Fsp3) is 0.208. The van der Waals surface area contributed by atoms with Crippen molar-refractivity contribution in [3.63, 3.8) is 0 Å². The molecule has 3 aromatic rings. The molecule has 0 fully saturated rings. The van der Waals surface area contributed by atoms with Crippen molar-refractivity contribution < 1.29 is 4.79 Å². The topological polar surface area (TPSA) is 70.7 Å². The maximum Gasteiger partial charge on any atom is 0.262 e. The van der Waals surface area contributed by atoms with Crippen molar-refractivity contribution in [2.75, 3.05) is 0 Å². The van der Waals surface area contributed by atoms with Gasteiger partial charge in [-0.15, -0.1) is 0 Å². The minimum Gasteiger partial charge on any atom is -0.345 e. The maximum absolute atomic E-state index is 12.7. The van der Waals surface area contributed by atoms with Crippen LogP contribution in [-0.4, -0.2) is 15.5 Å². The van der Waals surface area contributed by atoms with Crippen molar-refractivity contribution in [1.82, 2.24) is 14.9 Å². The number of carbonyl (C=O) groups excluding carboxylic acids is 1. The highest BCUT2D eigenvalue weighted by atomic mass is 16.1. The fourth-order valence-electron chi connectivity index (χ4n) is 3.33. The van der Waals surface area contributed by atoms with E-state index in [0.717, 1.165) is 33.9 Å². The Balaban J connectivity index is 1.89. The normalized spacial score (nSPS) is 12.3. The number of hydrogen-bond donors (Lipinski definition) is 1. The lowest BCUT2D eigenvalue weighted by Crippen LogP contribution is -2.27. The summed E-state index contributed by atoms with van der Waals surface area (Å²) in [4.78, 5) is 17.1. The number of aryl methyl sites for hydroxylation is 2. The van der Waals surface area contributed by atoms with Crippen LogP contribution in [0.1, 0.15) is 41.0 Å². The van der Waals surface area contributed by atoms with E-state index in [-0.39, 0.29) is 17.5 Å². The summed E-state index contributed by atoms with van der Waals surface area (Å²) in [5.74, 6) is 0.433. The third-order valence-corrected chi connectivity index (χ3v) is 4.91. The van der Waals surface area contributed by atoms with E-state index in [1.807, 2.05) is 86.9 Å². The Hall–Kier alpha value is -3.65.